The molecule has 0 saturated carbocycles. The van der Waals surface area contributed by atoms with E-state index in [1.807, 2.05) is 36.4 Å². The smallest absolute Gasteiger partial charge is 0.0475 e. The van der Waals surface area contributed by atoms with Gasteiger partial charge in [0, 0.05) is 47.2 Å². The van der Waals surface area contributed by atoms with Crippen LogP contribution in [0.4, 0.5) is 0 Å². The highest BCUT2D eigenvalue weighted by atomic mass is 35.5. The van der Waals surface area contributed by atoms with Crippen LogP contribution in [0.2, 0.25) is 10.0 Å². The van der Waals surface area contributed by atoms with Gasteiger partial charge >= 0.3 is 0 Å². The van der Waals surface area contributed by atoms with E-state index in [9.17, 15) is 5.11 Å². The van der Waals surface area contributed by atoms with Crippen molar-refractivity contribution in [2.45, 2.75) is 13.0 Å². The summed E-state index contributed by atoms with van der Waals surface area (Å²) in [5, 5.41) is 14.1. The molecule has 2 aromatic rings. The van der Waals surface area contributed by atoms with E-state index < -0.39 is 0 Å². The lowest BCUT2D eigenvalue weighted by Crippen LogP contribution is -2.27. The summed E-state index contributed by atoms with van der Waals surface area (Å²) in [5.41, 5.74) is 1.87. The number of nitrogens with zero attached hydrogens (tertiary/aromatic N) is 1. The van der Waals surface area contributed by atoms with Gasteiger partial charge < -0.3 is 10.4 Å². The summed E-state index contributed by atoms with van der Waals surface area (Å²) >= 11 is 12.2. The number of aliphatic hydroxyl groups is 1. The lowest BCUT2D eigenvalue weighted by Gasteiger charge is -2.15. The summed E-state index contributed by atoms with van der Waals surface area (Å²) in [6.07, 6.45) is 2.50. The van der Waals surface area contributed by atoms with Gasteiger partial charge in [0.1, 0.15) is 0 Å². The third-order valence-corrected chi connectivity index (χ3v) is 3.99. The van der Waals surface area contributed by atoms with Gasteiger partial charge in [-0.1, -0.05) is 35.3 Å². The number of halogens is 2. The van der Waals surface area contributed by atoms with Crippen LogP contribution in [0.5, 0.6) is 0 Å². The Morgan fingerprint density at radius 3 is 2.48 bits per heavy atom. The molecule has 0 aliphatic carbocycles. The number of nitrogens with one attached hydrogen (secondary N) is 1. The molecular formula is C16H18Cl2N2O. The molecule has 1 unspecified atom stereocenters. The molecule has 0 radical (unpaired) electrons. The minimum Gasteiger partial charge on any atom is -0.396 e. The van der Waals surface area contributed by atoms with Gasteiger partial charge in [0.05, 0.1) is 0 Å². The fourth-order valence-corrected chi connectivity index (χ4v) is 2.65. The maximum absolute atomic E-state index is 9.47. The Morgan fingerprint density at radius 2 is 1.86 bits per heavy atom. The van der Waals surface area contributed by atoms with Crippen molar-refractivity contribution in [2.75, 3.05) is 13.2 Å². The molecule has 1 aromatic carbocycles. The fraction of sp³-hybridized carbons (Fsp3) is 0.312. The van der Waals surface area contributed by atoms with Crippen LogP contribution >= 0.6 is 23.2 Å². The number of hydrogen-bond acceptors (Lipinski definition) is 3. The molecule has 0 aliphatic rings. The lowest BCUT2D eigenvalue weighted by atomic mass is 10.0. The molecule has 2 rings (SSSR count). The fourth-order valence-electron chi connectivity index (χ4n) is 2.12. The molecule has 2 N–H and O–H groups in total. The van der Waals surface area contributed by atoms with E-state index >= 15 is 0 Å². The Hall–Kier alpha value is -1.13. The molecule has 3 nitrogen and oxygen atoms in total. The van der Waals surface area contributed by atoms with Gasteiger partial charge in [-0.15, -0.1) is 0 Å². The van der Waals surface area contributed by atoms with Gasteiger partial charge in [-0.3, -0.25) is 4.98 Å². The lowest BCUT2D eigenvalue weighted by molar-refractivity contribution is 0.220. The Balaban J connectivity index is 1.86. The van der Waals surface area contributed by atoms with E-state index in [0.717, 1.165) is 17.7 Å². The van der Waals surface area contributed by atoms with E-state index in [0.29, 0.717) is 23.1 Å². The van der Waals surface area contributed by atoms with Gasteiger partial charge in [-0.25, -0.2) is 0 Å². The molecule has 1 heterocycles. The zero-order valence-electron chi connectivity index (χ0n) is 11.6. The number of aromatic nitrogens is 1. The number of hydrogen-bond donors (Lipinski definition) is 2. The van der Waals surface area contributed by atoms with Crippen molar-refractivity contribution in [3.8, 4) is 0 Å². The van der Waals surface area contributed by atoms with Crippen LogP contribution < -0.4 is 5.32 Å². The molecule has 0 saturated heterocycles. The largest absolute Gasteiger partial charge is 0.396 e. The van der Waals surface area contributed by atoms with Crippen molar-refractivity contribution in [2.24, 2.45) is 5.92 Å². The van der Waals surface area contributed by atoms with Crippen molar-refractivity contribution < 1.29 is 5.11 Å². The molecule has 0 aliphatic heterocycles. The first kappa shape index (κ1) is 16.2. The quantitative estimate of drug-likeness (QED) is 0.821. The Bertz CT molecular complexity index is 543. The molecule has 5 heteroatoms. The maximum Gasteiger partial charge on any atom is 0.0475 e. The Kier molecular flexibility index (Phi) is 6.46. The topological polar surface area (TPSA) is 45.1 Å². The summed E-state index contributed by atoms with van der Waals surface area (Å²) in [7, 11) is 0. The second kappa shape index (κ2) is 8.35. The number of pyridine rings is 1. The molecule has 21 heavy (non-hydrogen) atoms. The molecule has 1 atom stereocenters. The summed E-state index contributed by atoms with van der Waals surface area (Å²) < 4.78 is 0. The molecule has 0 fully saturated rings. The van der Waals surface area contributed by atoms with Gasteiger partial charge in [-0.2, -0.15) is 0 Å². The van der Waals surface area contributed by atoms with Crippen LogP contribution in [0.3, 0.4) is 0 Å². The SMILES string of the molecule is OCC(CNCc1c(Cl)cccc1Cl)Cc1ccccn1. The van der Waals surface area contributed by atoms with E-state index in [1.165, 1.54) is 0 Å². The summed E-state index contributed by atoms with van der Waals surface area (Å²) in [5.74, 6) is 0.112. The van der Waals surface area contributed by atoms with Crippen LogP contribution in [0, 0.1) is 5.92 Å². The minimum atomic E-state index is 0.111. The molecule has 0 amide bonds. The van der Waals surface area contributed by atoms with Crippen molar-refractivity contribution in [1.29, 1.82) is 0 Å². The van der Waals surface area contributed by atoms with Crippen LogP contribution in [-0.2, 0) is 13.0 Å². The van der Waals surface area contributed by atoms with Crippen LogP contribution in [0.1, 0.15) is 11.3 Å². The zero-order chi connectivity index (χ0) is 15.1. The minimum absolute atomic E-state index is 0.111. The van der Waals surface area contributed by atoms with Crippen LogP contribution in [0.25, 0.3) is 0 Å². The van der Waals surface area contributed by atoms with E-state index in [1.54, 1.807) is 6.20 Å². The average Bonchev–Trinajstić information content (AvgIpc) is 2.50. The van der Waals surface area contributed by atoms with Crippen molar-refractivity contribution in [3.05, 3.63) is 63.9 Å². The van der Waals surface area contributed by atoms with E-state index in [2.05, 4.69) is 10.3 Å². The first-order chi connectivity index (χ1) is 10.2. The Morgan fingerprint density at radius 1 is 1.10 bits per heavy atom. The highest BCUT2D eigenvalue weighted by molar-refractivity contribution is 6.35. The zero-order valence-corrected chi connectivity index (χ0v) is 13.1. The predicted octanol–water partition coefficient (Wildman–Crippen LogP) is 3.33. The third-order valence-electron chi connectivity index (χ3n) is 3.28. The average molecular weight is 325 g/mol. The van der Waals surface area contributed by atoms with E-state index in [-0.39, 0.29) is 12.5 Å². The normalized spacial score (nSPS) is 12.3. The summed E-state index contributed by atoms with van der Waals surface area (Å²) in [4.78, 5) is 4.28. The second-order valence-corrected chi connectivity index (χ2v) is 5.72. The molecule has 112 valence electrons. The van der Waals surface area contributed by atoms with Gasteiger partial charge in [0.25, 0.3) is 0 Å². The molecule has 1 aromatic heterocycles. The highest BCUT2D eigenvalue weighted by Gasteiger charge is 2.10. The summed E-state index contributed by atoms with van der Waals surface area (Å²) in [6.45, 7) is 1.37. The molecule has 0 spiro atoms. The van der Waals surface area contributed by atoms with Crippen molar-refractivity contribution >= 4 is 23.2 Å². The Labute approximate surface area is 134 Å². The van der Waals surface area contributed by atoms with E-state index in [4.69, 9.17) is 23.2 Å². The van der Waals surface area contributed by atoms with Gasteiger partial charge in [0.2, 0.25) is 0 Å². The summed E-state index contributed by atoms with van der Waals surface area (Å²) in [6, 6.07) is 11.3. The second-order valence-electron chi connectivity index (χ2n) is 4.90. The van der Waals surface area contributed by atoms with Gasteiger partial charge in [-0.05, 0) is 36.6 Å². The van der Waals surface area contributed by atoms with Gasteiger partial charge in [0.15, 0.2) is 0 Å². The van der Waals surface area contributed by atoms with Crippen molar-refractivity contribution in [3.63, 3.8) is 0 Å². The first-order valence-corrected chi connectivity index (χ1v) is 7.60. The number of rotatable bonds is 7. The molecular weight excluding hydrogens is 307 g/mol. The highest BCUT2D eigenvalue weighted by Crippen LogP contribution is 2.23. The number of benzene rings is 1. The molecule has 0 bridgehead atoms. The monoisotopic (exact) mass is 324 g/mol. The van der Waals surface area contributed by atoms with Crippen LogP contribution in [0.15, 0.2) is 42.6 Å². The standard InChI is InChI=1S/C16H18Cl2N2O/c17-15-5-3-6-16(18)14(15)10-19-9-12(11-21)8-13-4-1-2-7-20-13/h1-7,12,19,21H,8-11H2. The predicted molar refractivity (Wildman–Crippen MR) is 86.7 cm³/mol. The first-order valence-electron chi connectivity index (χ1n) is 6.85. The number of aliphatic hydroxyl groups excluding tert-OH is 1. The van der Waals surface area contributed by atoms with Crippen molar-refractivity contribution in [1.82, 2.24) is 10.3 Å². The van der Waals surface area contributed by atoms with Crippen LogP contribution in [-0.4, -0.2) is 23.2 Å². The maximum atomic E-state index is 9.47. The third kappa shape index (κ3) is 4.97.